The van der Waals surface area contributed by atoms with Crippen molar-refractivity contribution in [1.82, 2.24) is 5.32 Å². The molecule has 2 saturated carbocycles. The number of amides is 1. The molecule has 0 radical (unpaired) electrons. The summed E-state index contributed by atoms with van der Waals surface area (Å²) in [6.45, 7) is 8.38. The Labute approximate surface area is 131 Å². The van der Waals surface area contributed by atoms with Crippen LogP contribution < -0.4 is 10.6 Å². The Bertz CT molecular complexity index is 511. The highest BCUT2D eigenvalue weighted by molar-refractivity contribution is 7.09. The number of nitrogens with two attached hydrogens (primary N) is 1. The molecule has 2 fully saturated rings. The molecule has 1 heterocycles. The van der Waals surface area contributed by atoms with Crippen LogP contribution in [0.2, 0.25) is 0 Å². The van der Waals surface area contributed by atoms with E-state index >= 15 is 0 Å². The summed E-state index contributed by atoms with van der Waals surface area (Å²) in [5, 5.41) is 7.58. The zero-order chi connectivity index (χ0) is 15.1. The van der Waals surface area contributed by atoms with E-state index in [9.17, 15) is 4.79 Å². The smallest absolute Gasteiger partial charge is 0.275 e. The lowest BCUT2D eigenvalue weighted by Gasteiger charge is -2.48. The molecule has 3 nitrogen and oxygen atoms in total. The lowest BCUT2D eigenvalue weighted by atomic mass is 9.64. The van der Waals surface area contributed by atoms with Crippen molar-refractivity contribution in [3.8, 4) is 0 Å². The van der Waals surface area contributed by atoms with Crippen LogP contribution in [0, 0.1) is 17.3 Å². The monoisotopic (exact) mass is 307 g/mol. The average molecular weight is 307 g/mol. The summed E-state index contributed by atoms with van der Waals surface area (Å²) in [6, 6.07) is 4.19. The highest BCUT2D eigenvalue weighted by atomic mass is 32.1. The Morgan fingerprint density at radius 1 is 1.38 bits per heavy atom. The van der Waals surface area contributed by atoms with Gasteiger partial charge in [-0.15, -0.1) is 11.3 Å². The van der Waals surface area contributed by atoms with Crippen molar-refractivity contribution in [3.05, 3.63) is 22.4 Å². The average Bonchev–Trinajstić information content (AvgIpc) is 3.11. The predicted molar refractivity (Wildman–Crippen MR) is 86.0 cm³/mol. The van der Waals surface area contributed by atoms with Crippen molar-refractivity contribution in [1.29, 1.82) is 0 Å². The van der Waals surface area contributed by atoms with Gasteiger partial charge in [0, 0.05) is 5.54 Å². The van der Waals surface area contributed by atoms with Gasteiger partial charge in [-0.1, -0.05) is 19.9 Å². The number of nitrogens with one attached hydrogen (secondary N) is 1. The molecule has 2 aliphatic carbocycles. The number of rotatable bonds is 5. The molecule has 116 valence electrons. The molecule has 0 unspecified atom stereocenters. The molecule has 0 aliphatic heterocycles. The lowest BCUT2D eigenvalue weighted by Crippen LogP contribution is -2.85. The van der Waals surface area contributed by atoms with E-state index in [1.165, 1.54) is 24.1 Å². The van der Waals surface area contributed by atoms with E-state index < -0.39 is 0 Å². The SMILES string of the molecule is CC1(C)[C@H]2CC[C@@H](C2)[C@@]1(C)NC(=O)C[NH2+]Cc1cccs1. The van der Waals surface area contributed by atoms with E-state index in [1.807, 2.05) is 0 Å². The second-order valence-corrected chi connectivity index (χ2v) is 8.49. The molecule has 1 aromatic heterocycles. The minimum Gasteiger partial charge on any atom is -0.345 e. The first-order chi connectivity index (χ1) is 9.93. The predicted octanol–water partition coefficient (Wildman–Crippen LogP) is 2.14. The van der Waals surface area contributed by atoms with Crippen LogP contribution >= 0.6 is 11.3 Å². The second-order valence-electron chi connectivity index (χ2n) is 7.46. The first-order valence-electron chi connectivity index (χ1n) is 8.08. The van der Waals surface area contributed by atoms with Gasteiger partial charge in [0.05, 0.1) is 4.88 Å². The fourth-order valence-corrected chi connectivity index (χ4v) is 5.19. The van der Waals surface area contributed by atoms with Crippen molar-refractivity contribution in [2.24, 2.45) is 17.3 Å². The third-order valence-corrected chi connectivity index (χ3v) is 7.16. The van der Waals surface area contributed by atoms with Crippen LogP contribution in [0.4, 0.5) is 0 Å². The van der Waals surface area contributed by atoms with E-state index in [2.05, 4.69) is 48.9 Å². The summed E-state index contributed by atoms with van der Waals surface area (Å²) in [5.74, 6) is 1.64. The van der Waals surface area contributed by atoms with Gasteiger partial charge in [0.25, 0.3) is 5.91 Å². The Morgan fingerprint density at radius 3 is 2.76 bits per heavy atom. The molecule has 21 heavy (non-hydrogen) atoms. The van der Waals surface area contributed by atoms with Gasteiger partial charge in [-0.3, -0.25) is 4.79 Å². The molecular weight excluding hydrogens is 280 g/mol. The summed E-state index contributed by atoms with van der Waals surface area (Å²) in [5.41, 5.74) is 0.198. The fourth-order valence-electron chi connectivity index (χ4n) is 4.49. The third-order valence-electron chi connectivity index (χ3n) is 6.26. The summed E-state index contributed by atoms with van der Waals surface area (Å²) in [4.78, 5) is 13.7. The molecule has 0 aromatic carbocycles. The highest BCUT2D eigenvalue weighted by Gasteiger charge is 2.60. The molecule has 0 saturated heterocycles. The molecule has 3 rings (SSSR count). The molecule has 4 heteroatoms. The van der Waals surface area contributed by atoms with Gasteiger partial charge in [-0.2, -0.15) is 0 Å². The largest absolute Gasteiger partial charge is 0.345 e. The Balaban J connectivity index is 1.54. The van der Waals surface area contributed by atoms with Gasteiger partial charge in [0.2, 0.25) is 0 Å². The number of quaternary nitrogens is 1. The quantitative estimate of drug-likeness (QED) is 0.860. The number of thiophene rings is 1. The minimum atomic E-state index is -0.0240. The van der Waals surface area contributed by atoms with Crippen LogP contribution in [0.15, 0.2) is 17.5 Å². The maximum absolute atomic E-state index is 12.4. The fraction of sp³-hybridized carbons (Fsp3) is 0.706. The van der Waals surface area contributed by atoms with E-state index in [0.29, 0.717) is 12.5 Å². The Hall–Kier alpha value is -0.870. The van der Waals surface area contributed by atoms with Crippen LogP contribution in [-0.2, 0) is 11.3 Å². The van der Waals surface area contributed by atoms with Gasteiger partial charge in [0.15, 0.2) is 6.54 Å². The van der Waals surface area contributed by atoms with Crippen LogP contribution in [0.3, 0.4) is 0 Å². The van der Waals surface area contributed by atoms with Crippen molar-refractivity contribution >= 4 is 17.2 Å². The molecule has 0 spiro atoms. The molecule has 1 amide bonds. The van der Waals surface area contributed by atoms with Crippen molar-refractivity contribution in [2.45, 2.75) is 52.1 Å². The standard InChI is InChI=1S/C17H26N2OS/c1-16(2)12-6-7-13(9-12)17(16,3)19-15(20)11-18-10-14-5-4-8-21-14/h4-5,8,12-13,18H,6-7,9-11H2,1-3H3,(H,19,20)/p+1/t12-,13-,17+/m0/s1. The van der Waals surface area contributed by atoms with E-state index in [4.69, 9.17) is 0 Å². The van der Waals surface area contributed by atoms with Crippen LogP contribution in [0.1, 0.15) is 44.9 Å². The van der Waals surface area contributed by atoms with Crippen LogP contribution in [0.25, 0.3) is 0 Å². The molecular formula is C17H27N2OS+. The van der Waals surface area contributed by atoms with Crippen LogP contribution in [0.5, 0.6) is 0 Å². The molecule has 2 aliphatic rings. The van der Waals surface area contributed by atoms with Gasteiger partial charge in [-0.25, -0.2) is 0 Å². The molecule has 2 bridgehead atoms. The number of carbonyl (C=O) groups is 1. The van der Waals surface area contributed by atoms with Gasteiger partial charge < -0.3 is 10.6 Å². The van der Waals surface area contributed by atoms with Gasteiger partial charge in [0.1, 0.15) is 6.54 Å². The summed E-state index contributed by atoms with van der Waals surface area (Å²) in [6.07, 6.45) is 3.92. The van der Waals surface area contributed by atoms with Crippen molar-refractivity contribution in [3.63, 3.8) is 0 Å². The topological polar surface area (TPSA) is 45.7 Å². The number of carbonyl (C=O) groups excluding carboxylic acids is 1. The zero-order valence-electron chi connectivity index (χ0n) is 13.3. The molecule has 3 atom stereocenters. The van der Waals surface area contributed by atoms with E-state index in [0.717, 1.165) is 12.5 Å². The van der Waals surface area contributed by atoms with E-state index in [1.54, 1.807) is 11.3 Å². The third kappa shape index (κ3) is 2.53. The van der Waals surface area contributed by atoms with Gasteiger partial charge in [-0.05, 0) is 54.9 Å². The molecule has 1 aromatic rings. The Kier molecular flexibility index (Phi) is 3.87. The summed E-state index contributed by atoms with van der Waals surface area (Å²) >= 11 is 1.75. The number of hydrogen-bond donors (Lipinski definition) is 2. The summed E-state index contributed by atoms with van der Waals surface area (Å²) < 4.78 is 0. The lowest BCUT2D eigenvalue weighted by molar-refractivity contribution is -0.659. The normalized spacial score (nSPS) is 33.3. The highest BCUT2D eigenvalue weighted by Crippen LogP contribution is 2.61. The second kappa shape index (κ2) is 5.40. The van der Waals surface area contributed by atoms with Crippen molar-refractivity contribution in [2.75, 3.05) is 6.54 Å². The van der Waals surface area contributed by atoms with Crippen LogP contribution in [-0.4, -0.2) is 18.0 Å². The first kappa shape index (κ1) is 15.0. The maximum atomic E-state index is 12.4. The van der Waals surface area contributed by atoms with Gasteiger partial charge >= 0.3 is 0 Å². The number of hydrogen-bond acceptors (Lipinski definition) is 2. The first-order valence-corrected chi connectivity index (χ1v) is 8.96. The number of fused-ring (bicyclic) bond motifs is 2. The molecule has 3 N–H and O–H groups in total. The Morgan fingerprint density at radius 2 is 2.14 bits per heavy atom. The van der Waals surface area contributed by atoms with Crippen molar-refractivity contribution < 1.29 is 10.1 Å². The minimum absolute atomic E-state index is 0.0240. The zero-order valence-corrected chi connectivity index (χ0v) is 14.1. The van der Waals surface area contributed by atoms with E-state index in [-0.39, 0.29) is 16.9 Å². The summed E-state index contributed by atoms with van der Waals surface area (Å²) in [7, 11) is 0. The maximum Gasteiger partial charge on any atom is 0.275 e.